The fourth-order valence-electron chi connectivity index (χ4n) is 5.98. The molecule has 6 rings (SSSR count). The summed E-state index contributed by atoms with van der Waals surface area (Å²) in [6, 6.07) is 13.4. The Kier molecular flexibility index (Phi) is 7.46. The Bertz CT molecular complexity index is 1560. The van der Waals surface area contributed by atoms with E-state index >= 15 is 0 Å². The predicted molar refractivity (Wildman–Crippen MR) is 156 cm³/mol. The van der Waals surface area contributed by atoms with Crippen LogP contribution in [0.25, 0.3) is 0 Å². The Hall–Kier alpha value is -4.22. The standard InChI is InChI=1S/C30H27ClN2O8S/c1-36-22-8-15(9-23(37-2)27(22)38-3)24-17-10-20-21(41-13-40-20)11-18(17)26(19-12-39-29(35)25(19)24)32-30(42)33-28(34)14-4-6-16(31)7-5-14/h4-11,19,24-26H,12-13H2,1-3H3,(H2,32,33,34,42)/t19-,24+,25-,26+/m0/s1. The van der Waals surface area contributed by atoms with Crippen LogP contribution in [-0.4, -0.2) is 51.7 Å². The van der Waals surface area contributed by atoms with Crippen LogP contribution in [0.2, 0.25) is 5.02 Å². The molecule has 42 heavy (non-hydrogen) atoms. The highest BCUT2D eigenvalue weighted by Crippen LogP contribution is 2.55. The highest BCUT2D eigenvalue weighted by molar-refractivity contribution is 7.80. The molecule has 12 heteroatoms. The Balaban J connectivity index is 1.42. The maximum atomic E-state index is 13.4. The number of halogens is 1. The number of esters is 1. The molecule has 0 spiro atoms. The zero-order valence-corrected chi connectivity index (χ0v) is 24.5. The van der Waals surface area contributed by atoms with Crippen LogP contribution < -0.4 is 34.3 Å². The van der Waals surface area contributed by atoms with Gasteiger partial charge in [-0.25, -0.2) is 0 Å². The van der Waals surface area contributed by atoms with Crippen LogP contribution in [0.1, 0.15) is 39.0 Å². The smallest absolute Gasteiger partial charge is 0.310 e. The molecular weight excluding hydrogens is 584 g/mol. The molecule has 1 aliphatic carbocycles. The summed E-state index contributed by atoms with van der Waals surface area (Å²) in [6.07, 6.45) is 0. The number of thiocarbonyl (C=S) groups is 1. The summed E-state index contributed by atoms with van der Waals surface area (Å²) in [5.74, 6) is 0.397. The molecule has 2 N–H and O–H groups in total. The second-order valence-electron chi connectivity index (χ2n) is 10.0. The van der Waals surface area contributed by atoms with Gasteiger partial charge in [-0.15, -0.1) is 0 Å². The van der Waals surface area contributed by atoms with Gasteiger partial charge in [0, 0.05) is 22.4 Å². The van der Waals surface area contributed by atoms with E-state index in [-0.39, 0.29) is 30.4 Å². The number of hydrogen-bond acceptors (Lipinski definition) is 9. The van der Waals surface area contributed by atoms with E-state index in [0.29, 0.717) is 39.3 Å². The molecule has 218 valence electrons. The van der Waals surface area contributed by atoms with Crippen LogP contribution in [0.3, 0.4) is 0 Å². The predicted octanol–water partition coefficient (Wildman–Crippen LogP) is 4.37. The van der Waals surface area contributed by atoms with Gasteiger partial charge in [0.2, 0.25) is 12.5 Å². The summed E-state index contributed by atoms with van der Waals surface area (Å²) in [7, 11) is 4.62. The first-order valence-corrected chi connectivity index (χ1v) is 13.9. The number of cyclic esters (lactones) is 1. The van der Waals surface area contributed by atoms with E-state index in [1.54, 1.807) is 38.5 Å². The van der Waals surface area contributed by atoms with Crippen molar-refractivity contribution < 1.29 is 38.0 Å². The maximum absolute atomic E-state index is 13.4. The zero-order valence-electron chi connectivity index (χ0n) is 22.9. The van der Waals surface area contributed by atoms with Gasteiger partial charge in [0.25, 0.3) is 5.91 Å². The number of benzene rings is 3. The number of fused-ring (bicyclic) bond motifs is 3. The van der Waals surface area contributed by atoms with Crippen molar-refractivity contribution in [3.05, 3.63) is 75.8 Å². The molecule has 3 aliphatic rings. The number of amides is 1. The molecule has 1 fully saturated rings. The Morgan fingerprint density at radius 1 is 0.929 bits per heavy atom. The van der Waals surface area contributed by atoms with Crippen LogP contribution in [-0.2, 0) is 9.53 Å². The molecular formula is C30H27ClN2O8S. The topological polar surface area (TPSA) is 114 Å². The average molecular weight is 611 g/mol. The fourth-order valence-corrected chi connectivity index (χ4v) is 6.33. The van der Waals surface area contributed by atoms with Crippen molar-refractivity contribution in [1.82, 2.24) is 10.6 Å². The lowest BCUT2D eigenvalue weighted by atomic mass is 9.65. The summed E-state index contributed by atoms with van der Waals surface area (Å²) in [6.45, 7) is 0.235. The van der Waals surface area contributed by atoms with Crippen molar-refractivity contribution in [2.24, 2.45) is 11.8 Å². The minimum absolute atomic E-state index is 0.0790. The molecule has 0 radical (unpaired) electrons. The minimum Gasteiger partial charge on any atom is -0.493 e. The first-order chi connectivity index (χ1) is 20.3. The third-order valence-corrected chi connectivity index (χ3v) is 8.33. The molecule has 1 amide bonds. The molecule has 2 aliphatic heterocycles. The lowest BCUT2D eigenvalue weighted by Gasteiger charge is -2.40. The first kappa shape index (κ1) is 27.9. The second kappa shape index (κ2) is 11.2. The van der Waals surface area contributed by atoms with E-state index < -0.39 is 23.8 Å². The molecule has 10 nitrogen and oxygen atoms in total. The van der Waals surface area contributed by atoms with Crippen LogP contribution >= 0.6 is 23.8 Å². The second-order valence-corrected chi connectivity index (χ2v) is 10.8. The number of carbonyl (C=O) groups excluding carboxylic acids is 2. The number of nitrogens with one attached hydrogen (secondary N) is 2. The van der Waals surface area contributed by atoms with Crippen LogP contribution in [0, 0.1) is 11.8 Å². The molecule has 0 saturated carbocycles. The monoisotopic (exact) mass is 610 g/mol. The van der Waals surface area contributed by atoms with E-state index in [1.807, 2.05) is 24.3 Å². The zero-order chi connectivity index (χ0) is 29.5. The van der Waals surface area contributed by atoms with Gasteiger partial charge in [-0.05, 0) is 77.4 Å². The molecule has 4 atom stereocenters. The van der Waals surface area contributed by atoms with Gasteiger partial charge in [0.1, 0.15) is 0 Å². The Morgan fingerprint density at radius 2 is 1.57 bits per heavy atom. The molecule has 0 unspecified atom stereocenters. The molecule has 3 aromatic carbocycles. The average Bonchev–Trinajstić information content (AvgIpc) is 3.61. The lowest BCUT2D eigenvalue weighted by Crippen LogP contribution is -2.47. The summed E-state index contributed by atoms with van der Waals surface area (Å²) in [4.78, 5) is 26.2. The molecule has 3 aromatic rings. The van der Waals surface area contributed by atoms with E-state index in [2.05, 4.69) is 10.6 Å². The van der Waals surface area contributed by atoms with Crippen molar-refractivity contribution in [1.29, 1.82) is 0 Å². The first-order valence-electron chi connectivity index (χ1n) is 13.1. The van der Waals surface area contributed by atoms with E-state index in [4.69, 9.17) is 52.2 Å². The van der Waals surface area contributed by atoms with Crippen LogP contribution in [0.15, 0.2) is 48.5 Å². The SMILES string of the molecule is COc1cc([C@@H]2c3cc4c(cc3[C@@H](NC(=S)NC(=O)c3ccc(Cl)cc3)[C@H]3COC(=O)[C@H]23)OCO4)cc(OC)c1OC. The van der Waals surface area contributed by atoms with Gasteiger partial charge >= 0.3 is 5.97 Å². The van der Waals surface area contributed by atoms with Crippen molar-refractivity contribution in [3.63, 3.8) is 0 Å². The molecule has 1 saturated heterocycles. The molecule has 2 heterocycles. The summed E-state index contributed by atoms with van der Waals surface area (Å²) in [5.41, 5.74) is 2.82. The van der Waals surface area contributed by atoms with E-state index in [1.165, 1.54) is 7.11 Å². The number of hydrogen-bond donors (Lipinski definition) is 2. The molecule has 0 bridgehead atoms. The normalized spacial score (nSPS) is 21.5. The van der Waals surface area contributed by atoms with E-state index in [0.717, 1.165) is 16.7 Å². The van der Waals surface area contributed by atoms with Gasteiger partial charge in [-0.1, -0.05) is 11.6 Å². The van der Waals surface area contributed by atoms with Gasteiger partial charge < -0.3 is 33.7 Å². The highest BCUT2D eigenvalue weighted by Gasteiger charge is 2.53. The van der Waals surface area contributed by atoms with E-state index in [9.17, 15) is 9.59 Å². The van der Waals surface area contributed by atoms with Gasteiger partial charge in [-0.3, -0.25) is 14.9 Å². The van der Waals surface area contributed by atoms with Crippen molar-refractivity contribution >= 4 is 40.8 Å². The quantitative estimate of drug-likeness (QED) is 0.308. The van der Waals surface area contributed by atoms with Gasteiger partial charge in [-0.2, -0.15) is 0 Å². The Labute approximate surface area is 252 Å². The number of ether oxygens (including phenoxy) is 6. The van der Waals surface area contributed by atoms with Gasteiger partial charge in [0.05, 0.1) is 39.9 Å². The third-order valence-electron chi connectivity index (χ3n) is 7.85. The minimum atomic E-state index is -0.590. The highest BCUT2D eigenvalue weighted by atomic mass is 35.5. The number of carbonyl (C=O) groups is 2. The Morgan fingerprint density at radius 3 is 2.19 bits per heavy atom. The van der Waals surface area contributed by atoms with Gasteiger partial charge in [0.15, 0.2) is 28.1 Å². The molecule has 0 aromatic heterocycles. The summed E-state index contributed by atoms with van der Waals surface area (Å²) >= 11 is 11.5. The van der Waals surface area contributed by atoms with Crippen molar-refractivity contribution in [2.45, 2.75) is 12.0 Å². The van der Waals surface area contributed by atoms with Crippen LogP contribution in [0.5, 0.6) is 28.7 Å². The van der Waals surface area contributed by atoms with Crippen LogP contribution in [0.4, 0.5) is 0 Å². The maximum Gasteiger partial charge on any atom is 0.310 e. The largest absolute Gasteiger partial charge is 0.493 e. The summed E-state index contributed by atoms with van der Waals surface area (Å²) in [5, 5.41) is 6.64. The number of methoxy groups -OCH3 is 3. The number of rotatable bonds is 6. The van der Waals surface area contributed by atoms with Crippen molar-refractivity contribution in [2.75, 3.05) is 34.7 Å². The lowest BCUT2D eigenvalue weighted by molar-refractivity contribution is -0.141. The fraction of sp³-hybridized carbons (Fsp3) is 0.300. The third kappa shape index (κ3) is 4.82. The van der Waals surface area contributed by atoms with Crippen molar-refractivity contribution in [3.8, 4) is 28.7 Å². The summed E-state index contributed by atoms with van der Waals surface area (Å²) < 4.78 is 33.8.